The summed E-state index contributed by atoms with van der Waals surface area (Å²) in [7, 11) is 1.83. The van der Waals surface area contributed by atoms with Crippen LogP contribution in [0.2, 0.25) is 5.02 Å². The molecule has 0 fully saturated rings. The number of hydrogen-bond acceptors (Lipinski definition) is 3. The Bertz CT molecular complexity index is 656. The molecule has 1 aromatic heterocycles. The van der Waals surface area contributed by atoms with Gasteiger partial charge in [0.15, 0.2) is 0 Å². The number of aryl methyl sites for hydroxylation is 1. The van der Waals surface area contributed by atoms with Crippen LogP contribution >= 0.6 is 11.6 Å². The van der Waals surface area contributed by atoms with Crippen LogP contribution in [0.15, 0.2) is 18.2 Å². The third-order valence-corrected chi connectivity index (χ3v) is 3.67. The van der Waals surface area contributed by atoms with Crippen LogP contribution < -0.4 is 5.32 Å². The fraction of sp³-hybridized carbons (Fsp3) is 0.375. The molecular weight excluding hydrogens is 289 g/mol. The van der Waals surface area contributed by atoms with Gasteiger partial charge in [0.2, 0.25) is 0 Å². The Labute approximate surface area is 129 Å². The lowest BCUT2D eigenvalue weighted by molar-refractivity contribution is 0.612. The van der Waals surface area contributed by atoms with Gasteiger partial charge in [-0.1, -0.05) is 37.6 Å². The van der Waals surface area contributed by atoms with Gasteiger partial charge in [-0.25, -0.2) is 14.4 Å². The first-order valence-electron chi connectivity index (χ1n) is 6.92. The Kier molecular flexibility index (Phi) is 4.78. The molecule has 3 nitrogen and oxygen atoms in total. The van der Waals surface area contributed by atoms with E-state index in [1.807, 2.05) is 14.0 Å². The van der Waals surface area contributed by atoms with Crippen molar-refractivity contribution >= 4 is 17.4 Å². The minimum Gasteiger partial charge on any atom is -0.373 e. The highest BCUT2D eigenvalue weighted by atomic mass is 35.5. The Hall–Kier alpha value is -1.68. The molecule has 1 heterocycles. The molecule has 0 radical (unpaired) electrons. The van der Waals surface area contributed by atoms with Crippen LogP contribution in [0.3, 0.4) is 0 Å². The zero-order chi connectivity index (χ0) is 15.6. The average Bonchev–Trinajstić information content (AvgIpc) is 2.42. The summed E-state index contributed by atoms with van der Waals surface area (Å²) in [5.74, 6) is 1.31. The fourth-order valence-corrected chi connectivity index (χ4v) is 2.65. The van der Waals surface area contributed by atoms with Crippen molar-refractivity contribution in [3.63, 3.8) is 0 Å². The number of hydrogen-bond donors (Lipinski definition) is 1. The fourth-order valence-electron chi connectivity index (χ4n) is 2.46. The molecule has 0 saturated carbocycles. The lowest BCUT2D eigenvalue weighted by Crippen LogP contribution is -2.09. The van der Waals surface area contributed by atoms with E-state index < -0.39 is 5.82 Å². The minimum absolute atomic E-state index is 0.122. The molecular formula is C16H19ClFN3. The van der Waals surface area contributed by atoms with E-state index in [-0.39, 0.29) is 5.02 Å². The van der Waals surface area contributed by atoms with Crippen molar-refractivity contribution in [1.29, 1.82) is 0 Å². The zero-order valence-electron chi connectivity index (χ0n) is 12.7. The summed E-state index contributed by atoms with van der Waals surface area (Å²) in [5.41, 5.74) is 2.51. The molecule has 0 aliphatic heterocycles. The highest BCUT2D eigenvalue weighted by Crippen LogP contribution is 2.26. The van der Waals surface area contributed by atoms with Gasteiger partial charge in [-0.2, -0.15) is 0 Å². The third kappa shape index (κ3) is 3.32. The van der Waals surface area contributed by atoms with Crippen LogP contribution in [0.1, 0.15) is 42.4 Å². The summed E-state index contributed by atoms with van der Waals surface area (Å²) in [6, 6.07) is 4.97. The number of nitrogens with one attached hydrogen (secondary N) is 1. The highest BCUT2D eigenvalue weighted by Gasteiger charge is 2.15. The number of anilines is 1. The number of nitrogens with zero attached hydrogens (tertiary/aromatic N) is 2. The summed E-state index contributed by atoms with van der Waals surface area (Å²) >= 11 is 5.81. The second-order valence-corrected chi connectivity index (χ2v) is 5.69. The van der Waals surface area contributed by atoms with E-state index in [0.717, 1.165) is 17.1 Å². The normalized spacial score (nSPS) is 11.0. The topological polar surface area (TPSA) is 37.8 Å². The lowest BCUT2D eigenvalue weighted by Gasteiger charge is -2.15. The van der Waals surface area contributed by atoms with Gasteiger partial charge in [0.25, 0.3) is 0 Å². The molecule has 1 aromatic carbocycles. The standard InChI is InChI=1S/C16H19ClFN3/c1-9(2)14-10(3)20-13(21-16(14)19-4)8-11-6-5-7-12(17)15(11)18/h5-7,9H,8H2,1-4H3,(H,19,20,21). The molecule has 0 aliphatic rings. The Morgan fingerprint density at radius 3 is 2.62 bits per heavy atom. The molecule has 0 atom stereocenters. The van der Waals surface area contributed by atoms with E-state index in [1.165, 1.54) is 6.07 Å². The van der Waals surface area contributed by atoms with Crippen molar-refractivity contribution in [3.8, 4) is 0 Å². The molecule has 0 saturated heterocycles. The summed E-state index contributed by atoms with van der Waals surface area (Å²) in [4.78, 5) is 9.02. The van der Waals surface area contributed by atoms with Crippen LogP contribution in [0, 0.1) is 12.7 Å². The second-order valence-electron chi connectivity index (χ2n) is 5.28. The van der Waals surface area contributed by atoms with Gasteiger partial charge < -0.3 is 5.32 Å². The zero-order valence-corrected chi connectivity index (χ0v) is 13.4. The van der Waals surface area contributed by atoms with Gasteiger partial charge in [-0.05, 0) is 24.5 Å². The summed E-state index contributed by atoms with van der Waals surface area (Å²) in [6.07, 6.45) is 0.320. The molecule has 0 aliphatic carbocycles. The van der Waals surface area contributed by atoms with E-state index >= 15 is 0 Å². The van der Waals surface area contributed by atoms with Crippen molar-refractivity contribution in [3.05, 3.63) is 51.7 Å². The van der Waals surface area contributed by atoms with Gasteiger partial charge >= 0.3 is 0 Å². The first kappa shape index (κ1) is 15.7. The summed E-state index contributed by atoms with van der Waals surface area (Å²) in [5, 5.41) is 3.22. The molecule has 0 spiro atoms. The van der Waals surface area contributed by atoms with Gasteiger partial charge in [0, 0.05) is 24.7 Å². The van der Waals surface area contributed by atoms with E-state index in [2.05, 4.69) is 29.1 Å². The Morgan fingerprint density at radius 2 is 2.00 bits per heavy atom. The van der Waals surface area contributed by atoms with Crippen LogP contribution in [0.25, 0.3) is 0 Å². The predicted molar refractivity (Wildman–Crippen MR) is 84.6 cm³/mol. The maximum absolute atomic E-state index is 14.0. The first-order valence-corrected chi connectivity index (χ1v) is 7.29. The molecule has 112 valence electrons. The van der Waals surface area contributed by atoms with E-state index in [1.54, 1.807) is 12.1 Å². The number of halogens is 2. The summed E-state index contributed by atoms with van der Waals surface area (Å²) < 4.78 is 14.0. The molecule has 2 rings (SSSR count). The second kappa shape index (κ2) is 6.39. The number of benzene rings is 1. The minimum atomic E-state index is -0.403. The van der Waals surface area contributed by atoms with Crippen molar-refractivity contribution in [2.45, 2.75) is 33.1 Å². The molecule has 0 bridgehead atoms. The van der Waals surface area contributed by atoms with Crippen LogP contribution in [-0.4, -0.2) is 17.0 Å². The van der Waals surface area contributed by atoms with Gasteiger partial charge in [0.05, 0.1) is 5.02 Å². The predicted octanol–water partition coefficient (Wildman–Crippen LogP) is 4.33. The van der Waals surface area contributed by atoms with E-state index in [4.69, 9.17) is 11.6 Å². The molecule has 0 unspecified atom stereocenters. The maximum atomic E-state index is 14.0. The highest BCUT2D eigenvalue weighted by molar-refractivity contribution is 6.30. The number of aromatic nitrogens is 2. The Morgan fingerprint density at radius 1 is 1.29 bits per heavy atom. The summed E-state index contributed by atoms with van der Waals surface area (Å²) in [6.45, 7) is 6.15. The quantitative estimate of drug-likeness (QED) is 0.913. The molecule has 5 heteroatoms. The van der Waals surface area contributed by atoms with Gasteiger partial charge in [0.1, 0.15) is 17.5 Å². The molecule has 0 amide bonds. The first-order chi connectivity index (χ1) is 9.93. The van der Waals surface area contributed by atoms with Crippen molar-refractivity contribution < 1.29 is 4.39 Å². The smallest absolute Gasteiger partial charge is 0.145 e. The average molecular weight is 308 g/mol. The monoisotopic (exact) mass is 307 g/mol. The third-order valence-electron chi connectivity index (χ3n) is 3.38. The number of rotatable bonds is 4. The molecule has 1 N–H and O–H groups in total. The van der Waals surface area contributed by atoms with Crippen LogP contribution in [0.4, 0.5) is 10.2 Å². The van der Waals surface area contributed by atoms with Crippen molar-refractivity contribution in [2.24, 2.45) is 0 Å². The van der Waals surface area contributed by atoms with Crippen LogP contribution in [-0.2, 0) is 6.42 Å². The van der Waals surface area contributed by atoms with Gasteiger partial charge in [-0.15, -0.1) is 0 Å². The van der Waals surface area contributed by atoms with E-state index in [0.29, 0.717) is 23.7 Å². The van der Waals surface area contributed by atoms with Gasteiger partial charge in [-0.3, -0.25) is 0 Å². The molecule has 21 heavy (non-hydrogen) atoms. The van der Waals surface area contributed by atoms with E-state index in [9.17, 15) is 4.39 Å². The van der Waals surface area contributed by atoms with Crippen LogP contribution in [0.5, 0.6) is 0 Å². The van der Waals surface area contributed by atoms with Crippen molar-refractivity contribution in [2.75, 3.05) is 12.4 Å². The largest absolute Gasteiger partial charge is 0.373 e. The SMILES string of the molecule is CNc1nc(Cc2cccc(Cl)c2F)nc(C)c1C(C)C. The Balaban J connectivity index is 2.42. The molecule has 2 aromatic rings. The lowest BCUT2D eigenvalue weighted by atomic mass is 10.0. The maximum Gasteiger partial charge on any atom is 0.145 e. The van der Waals surface area contributed by atoms with Crippen molar-refractivity contribution in [1.82, 2.24) is 9.97 Å².